The lowest BCUT2D eigenvalue weighted by Crippen LogP contribution is -2.58. The van der Waals surface area contributed by atoms with Gasteiger partial charge in [-0.1, -0.05) is 30.3 Å². The SMILES string of the molecule is C=C(C1CC2(COC(=O)N2)C1)N1CC(OCc2ccc(C)cc2Cl)C1. The quantitative estimate of drug-likeness (QED) is 0.873. The van der Waals surface area contributed by atoms with E-state index in [4.69, 9.17) is 21.1 Å². The number of nitrogens with one attached hydrogen (secondary N) is 1. The van der Waals surface area contributed by atoms with Crippen LogP contribution in [0.3, 0.4) is 0 Å². The molecule has 3 aliphatic rings. The fraction of sp³-hybridized carbons (Fsp3) is 0.526. The number of nitrogens with zero attached hydrogens (tertiary/aromatic N) is 1. The van der Waals surface area contributed by atoms with E-state index in [0.29, 0.717) is 19.1 Å². The monoisotopic (exact) mass is 362 g/mol. The molecule has 0 unspecified atom stereocenters. The molecular formula is C19H23ClN2O3. The molecule has 1 spiro atoms. The molecule has 1 N–H and O–H groups in total. The van der Waals surface area contributed by atoms with Crippen molar-refractivity contribution in [2.75, 3.05) is 19.7 Å². The van der Waals surface area contributed by atoms with Crippen molar-refractivity contribution in [2.45, 2.75) is 38.0 Å². The number of halogens is 1. The van der Waals surface area contributed by atoms with E-state index in [-0.39, 0.29) is 17.7 Å². The molecule has 0 atom stereocenters. The summed E-state index contributed by atoms with van der Waals surface area (Å²) < 4.78 is 11.0. The lowest BCUT2D eigenvalue weighted by atomic mass is 9.67. The van der Waals surface area contributed by atoms with Gasteiger partial charge in [-0.2, -0.15) is 0 Å². The standard InChI is InChI=1S/C19H23ClN2O3/c1-12-3-4-14(17(20)5-12)10-24-16-8-22(9-16)13(2)15-6-19(7-15)11-25-18(23)21-19/h3-5,15-16H,2,6-11H2,1H3,(H,21,23). The molecule has 1 aliphatic carbocycles. The van der Waals surface area contributed by atoms with Crippen LogP contribution in [-0.4, -0.2) is 42.3 Å². The number of benzene rings is 1. The third-order valence-electron chi connectivity index (χ3n) is 5.53. The van der Waals surface area contributed by atoms with Gasteiger partial charge in [0.15, 0.2) is 0 Å². The van der Waals surface area contributed by atoms with Crippen molar-refractivity contribution in [3.63, 3.8) is 0 Å². The van der Waals surface area contributed by atoms with Gasteiger partial charge in [-0.05, 0) is 37.0 Å². The first-order valence-corrected chi connectivity index (χ1v) is 9.07. The third kappa shape index (κ3) is 3.23. The second-order valence-electron chi connectivity index (χ2n) is 7.51. The summed E-state index contributed by atoms with van der Waals surface area (Å²) in [4.78, 5) is 13.5. The summed E-state index contributed by atoms with van der Waals surface area (Å²) in [7, 11) is 0. The first kappa shape index (κ1) is 16.7. The summed E-state index contributed by atoms with van der Waals surface area (Å²) in [6.07, 6.45) is 1.76. The van der Waals surface area contributed by atoms with Crippen LogP contribution in [-0.2, 0) is 16.1 Å². The topological polar surface area (TPSA) is 50.8 Å². The molecule has 0 aromatic heterocycles. The molecule has 2 heterocycles. The fourth-order valence-electron chi connectivity index (χ4n) is 3.84. The van der Waals surface area contributed by atoms with Crippen LogP contribution in [0.2, 0.25) is 5.02 Å². The second-order valence-corrected chi connectivity index (χ2v) is 7.92. The van der Waals surface area contributed by atoms with Gasteiger partial charge in [-0.25, -0.2) is 4.79 Å². The first-order valence-electron chi connectivity index (χ1n) is 8.69. The zero-order valence-corrected chi connectivity index (χ0v) is 15.1. The van der Waals surface area contributed by atoms with Gasteiger partial charge < -0.3 is 19.7 Å². The van der Waals surface area contributed by atoms with Gasteiger partial charge in [0.1, 0.15) is 6.61 Å². The molecular weight excluding hydrogens is 340 g/mol. The maximum atomic E-state index is 11.2. The van der Waals surface area contributed by atoms with Gasteiger partial charge in [-0.3, -0.25) is 0 Å². The minimum absolute atomic E-state index is 0.145. The number of cyclic esters (lactones) is 1. The summed E-state index contributed by atoms with van der Waals surface area (Å²) >= 11 is 6.25. The molecule has 1 saturated carbocycles. The van der Waals surface area contributed by atoms with Crippen molar-refractivity contribution in [1.82, 2.24) is 10.2 Å². The summed E-state index contributed by atoms with van der Waals surface area (Å²) in [5.74, 6) is 0.425. The molecule has 0 bridgehead atoms. The van der Waals surface area contributed by atoms with E-state index in [0.717, 1.165) is 47.8 Å². The van der Waals surface area contributed by atoms with Gasteiger partial charge in [0.25, 0.3) is 0 Å². The van der Waals surface area contributed by atoms with Crippen molar-refractivity contribution in [1.29, 1.82) is 0 Å². The number of rotatable bonds is 5. The molecule has 1 amide bonds. The number of ether oxygens (including phenoxy) is 2. The van der Waals surface area contributed by atoms with Crippen molar-refractivity contribution >= 4 is 17.7 Å². The molecule has 2 aliphatic heterocycles. The maximum absolute atomic E-state index is 11.2. The van der Waals surface area contributed by atoms with E-state index >= 15 is 0 Å². The van der Waals surface area contributed by atoms with Crippen molar-refractivity contribution in [3.8, 4) is 0 Å². The molecule has 5 nitrogen and oxygen atoms in total. The maximum Gasteiger partial charge on any atom is 0.407 e. The second kappa shape index (κ2) is 6.22. The Morgan fingerprint density at radius 1 is 1.48 bits per heavy atom. The van der Waals surface area contributed by atoms with Gasteiger partial charge in [0.05, 0.1) is 18.2 Å². The van der Waals surface area contributed by atoms with Crippen LogP contribution in [0.25, 0.3) is 0 Å². The Morgan fingerprint density at radius 2 is 2.24 bits per heavy atom. The molecule has 25 heavy (non-hydrogen) atoms. The van der Waals surface area contributed by atoms with Gasteiger partial charge >= 0.3 is 6.09 Å². The molecule has 1 aromatic rings. The smallest absolute Gasteiger partial charge is 0.407 e. The molecule has 3 fully saturated rings. The highest BCUT2D eigenvalue weighted by Crippen LogP contribution is 2.45. The van der Waals surface area contributed by atoms with Gasteiger partial charge in [-0.15, -0.1) is 0 Å². The number of likely N-dealkylation sites (tertiary alicyclic amines) is 1. The lowest BCUT2D eigenvalue weighted by molar-refractivity contribution is -0.0572. The van der Waals surface area contributed by atoms with Crippen molar-refractivity contribution in [3.05, 3.63) is 46.6 Å². The Hall–Kier alpha value is -1.72. The zero-order chi connectivity index (χ0) is 17.6. The van der Waals surface area contributed by atoms with Gasteiger partial charge in [0, 0.05) is 29.7 Å². The number of alkyl carbamates (subject to hydrolysis) is 1. The zero-order valence-electron chi connectivity index (χ0n) is 14.4. The van der Waals surface area contributed by atoms with Crippen LogP contribution in [0, 0.1) is 12.8 Å². The Kier molecular flexibility index (Phi) is 4.16. The summed E-state index contributed by atoms with van der Waals surface area (Å²) in [5, 5.41) is 3.69. The van der Waals surface area contributed by atoms with Crippen LogP contribution >= 0.6 is 11.6 Å². The highest BCUT2D eigenvalue weighted by Gasteiger charge is 2.52. The normalized spacial score (nSPS) is 28.3. The fourth-order valence-corrected chi connectivity index (χ4v) is 4.13. The van der Waals surface area contributed by atoms with E-state index in [1.807, 2.05) is 19.1 Å². The summed E-state index contributed by atoms with van der Waals surface area (Å²) in [5.41, 5.74) is 3.19. The van der Waals surface area contributed by atoms with Crippen LogP contribution in [0.15, 0.2) is 30.5 Å². The summed E-state index contributed by atoms with van der Waals surface area (Å²) in [6, 6.07) is 6.04. The molecule has 6 heteroatoms. The van der Waals surface area contributed by atoms with Crippen LogP contribution < -0.4 is 5.32 Å². The number of allylic oxidation sites excluding steroid dienone is 1. The Labute approximate surface area is 152 Å². The number of amides is 1. The number of hydrogen-bond acceptors (Lipinski definition) is 4. The highest BCUT2D eigenvalue weighted by atomic mass is 35.5. The number of aryl methyl sites for hydroxylation is 1. The van der Waals surface area contributed by atoms with E-state index in [2.05, 4.69) is 22.9 Å². The van der Waals surface area contributed by atoms with Gasteiger partial charge in [0.2, 0.25) is 0 Å². The predicted octanol–water partition coefficient (Wildman–Crippen LogP) is 3.25. The molecule has 2 saturated heterocycles. The summed E-state index contributed by atoms with van der Waals surface area (Å²) in [6.45, 7) is 9.04. The molecule has 1 aromatic carbocycles. The minimum atomic E-state index is -0.295. The van der Waals surface area contributed by atoms with Crippen LogP contribution in [0.4, 0.5) is 4.79 Å². The largest absolute Gasteiger partial charge is 0.447 e. The average molecular weight is 363 g/mol. The Morgan fingerprint density at radius 3 is 2.88 bits per heavy atom. The van der Waals surface area contributed by atoms with Crippen molar-refractivity contribution in [2.24, 2.45) is 5.92 Å². The first-order chi connectivity index (χ1) is 11.9. The lowest BCUT2D eigenvalue weighted by Gasteiger charge is -2.50. The number of carbonyl (C=O) groups excluding carboxylic acids is 1. The third-order valence-corrected chi connectivity index (χ3v) is 5.88. The van der Waals surface area contributed by atoms with E-state index in [1.165, 1.54) is 0 Å². The van der Waals surface area contributed by atoms with E-state index < -0.39 is 0 Å². The van der Waals surface area contributed by atoms with E-state index in [9.17, 15) is 4.79 Å². The molecule has 134 valence electrons. The van der Waals surface area contributed by atoms with Crippen LogP contribution in [0.1, 0.15) is 24.0 Å². The highest BCUT2D eigenvalue weighted by molar-refractivity contribution is 6.31. The Bertz CT molecular complexity index is 709. The predicted molar refractivity (Wildman–Crippen MR) is 95.4 cm³/mol. The van der Waals surface area contributed by atoms with Crippen molar-refractivity contribution < 1.29 is 14.3 Å². The number of carbonyl (C=O) groups is 1. The number of hydrogen-bond donors (Lipinski definition) is 1. The van der Waals surface area contributed by atoms with E-state index in [1.54, 1.807) is 0 Å². The molecule has 0 radical (unpaired) electrons. The Balaban J connectivity index is 1.20. The molecule has 4 rings (SSSR count). The van der Waals surface area contributed by atoms with Crippen LogP contribution in [0.5, 0.6) is 0 Å². The average Bonchev–Trinajstić information content (AvgIpc) is 2.88. The minimum Gasteiger partial charge on any atom is -0.447 e.